The summed E-state index contributed by atoms with van der Waals surface area (Å²) >= 11 is 7.51. The molecule has 6 heteroatoms. The fourth-order valence-corrected chi connectivity index (χ4v) is 2.83. The van der Waals surface area contributed by atoms with Gasteiger partial charge >= 0.3 is 0 Å². The molecule has 20 heavy (non-hydrogen) atoms. The van der Waals surface area contributed by atoms with Crippen LogP contribution in [-0.4, -0.2) is 17.0 Å². The Kier molecular flexibility index (Phi) is 3.46. The maximum atomic E-state index is 5.96. The van der Waals surface area contributed by atoms with Gasteiger partial charge in [0.25, 0.3) is 0 Å². The highest BCUT2D eigenvalue weighted by Gasteiger charge is 2.11. The number of halogens is 1. The Hall–Kier alpha value is -1.85. The summed E-state index contributed by atoms with van der Waals surface area (Å²) in [4.78, 5) is 9.66. The minimum absolute atomic E-state index is 0.543. The summed E-state index contributed by atoms with van der Waals surface area (Å²) < 4.78 is 5.94. The molecule has 1 N–H and O–H groups in total. The molecule has 0 aliphatic heterocycles. The lowest BCUT2D eigenvalue weighted by atomic mass is 10.2. The lowest BCUT2D eigenvalue weighted by Crippen LogP contribution is -1.98. The zero-order valence-corrected chi connectivity index (χ0v) is 12.5. The van der Waals surface area contributed by atoms with E-state index in [9.17, 15) is 0 Å². The molecular formula is C14H12ClN3OS. The van der Waals surface area contributed by atoms with Crippen LogP contribution in [0.2, 0.25) is 5.02 Å². The van der Waals surface area contributed by atoms with E-state index in [4.69, 9.17) is 16.3 Å². The van der Waals surface area contributed by atoms with E-state index in [-0.39, 0.29) is 0 Å². The number of anilines is 1. The van der Waals surface area contributed by atoms with Crippen LogP contribution < -0.4 is 10.1 Å². The van der Waals surface area contributed by atoms with E-state index in [0.717, 1.165) is 21.5 Å². The first-order chi connectivity index (χ1) is 9.67. The van der Waals surface area contributed by atoms with Crippen molar-refractivity contribution in [3.63, 3.8) is 0 Å². The average molecular weight is 306 g/mol. The van der Waals surface area contributed by atoms with Crippen LogP contribution in [0.1, 0.15) is 5.56 Å². The third kappa shape index (κ3) is 2.42. The van der Waals surface area contributed by atoms with E-state index < -0.39 is 0 Å². The Morgan fingerprint density at radius 2 is 2.10 bits per heavy atom. The Bertz CT molecular complexity index is 772. The Morgan fingerprint density at radius 1 is 1.25 bits per heavy atom. The third-order valence-corrected chi connectivity index (χ3v) is 3.90. The number of aromatic nitrogens is 2. The summed E-state index contributed by atoms with van der Waals surface area (Å²) in [6, 6.07) is 7.47. The van der Waals surface area contributed by atoms with Gasteiger partial charge in [-0.15, -0.1) is 11.3 Å². The van der Waals surface area contributed by atoms with Crippen molar-refractivity contribution in [2.24, 2.45) is 0 Å². The van der Waals surface area contributed by atoms with Crippen molar-refractivity contribution < 1.29 is 4.74 Å². The van der Waals surface area contributed by atoms with Crippen LogP contribution in [0.3, 0.4) is 0 Å². The maximum absolute atomic E-state index is 5.96. The van der Waals surface area contributed by atoms with Gasteiger partial charge in [-0.3, -0.25) is 0 Å². The molecule has 0 saturated carbocycles. The molecule has 0 bridgehead atoms. The summed E-state index contributed by atoms with van der Waals surface area (Å²) in [7, 11) is 1.78. The summed E-state index contributed by atoms with van der Waals surface area (Å²) in [5.74, 6) is 1.83. The lowest BCUT2D eigenvalue weighted by Gasteiger charge is -2.10. The number of aryl methyl sites for hydroxylation is 1. The molecule has 0 aliphatic rings. The Labute approximate surface area is 125 Å². The molecule has 4 nitrogen and oxygen atoms in total. The highest BCUT2D eigenvalue weighted by atomic mass is 35.5. The molecule has 0 saturated heterocycles. The molecule has 2 aromatic heterocycles. The van der Waals surface area contributed by atoms with Crippen molar-refractivity contribution in [3.05, 3.63) is 40.2 Å². The van der Waals surface area contributed by atoms with Gasteiger partial charge in [-0.05, 0) is 42.1 Å². The van der Waals surface area contributed by atoms with Crippen molar-refractivity contribution >= 4 is 39.1 Å². The second-order valence-corrected chi connectivity index (χ2v) is 5.58. The average Bonchev–Trinajstić information content (AvgIpc) is 2.90. The van der Waals surface area contributed by atoms with E-state index in [1.54, 1.807) is 24.5 Å². The second kappa shape index (κ2) is 5.26. The molecule has 0 unspecified atom stereocenters. The highest BCUT2D eigenvalue weighted by molar-refractivity contribution is 7.16. The number of nitrogens with zero attached hydrogens (tertiary/aromatic N) is 2. The minimum atomic E-state index is 0.543. The first kappa shape index (κ1) is 13.1. The van der Waals surface area contributed by atoms with Crippen molar-refractivity contribution in [1.82, 2.24) is 9.97 Å². The molecule has 0 atom stereocenters. The van der Waals surface area contributed by atoms with Gasteiger partial charge in [0, 0.05) is 12.1 Å². The number of ether oxygens (including phenoxy) is 1. The van der Waals surface area contributed by atoms with Crippen LogP contribution in [0, 0.1) is 6.92 Å². The number of fused-ring (bicyclic) bond motifs is 1. The molecule has 3 rings (SSSR count). The molecule has 0 amide bonds. The van der Waals surface area contributed by atoms with Crippen molar-refractivity contribution in [2.45, 2.75) is 6.92 Å². The fraction of sp³-hybridized carbons (Fsp3) is 0.143. The third-order valence-electron chi connectivity index (χ3n) is 2.86. The quantitative estimate of drug-likeness (QED) is 0.774. The van der Waals surface area contributed by atoms with Crippen LogP contribution in [0.4, 0.5) is 5.95 Å². The number of nitrogens with one attached hydrogen (secondary N) is 1. The van der Waals surface area contributed by atoms with Crippen LogP contribution in [0.5, 0.6) is 11.6 Å². The van der Waals surface area contributed by atoms with Gasteiger partial charge in [0.15, 0.2) is 0 Å². The molecule has 3 aromatic rings. The van der Waals surface area contributed by atoms with Gasteiger partial charge in [0.05, 0.1) is 5.39 Å². The zero-order valence-electron chi connectivity index (χ0n) is 11.0. The Balaban J connectivity index is 2.07. The van der Waals surface area contributed by atoms with Gasteiger partial charge in [-0.1, -0.05) is 11.6 Å². The van der Waals surface area contributed by atoms with Gasteiger partial charge < -0.3 is 10.1 Å². The summed E-state index contributed by atoms with van der Waals surface area (Å²) in [5.41, 5.74) is 0.963. The maximum Gasteiger partial charge on any atom is 0.232 e. The largest absolute Gasteiger partial charge is 0.438 e. The van der Waals surface area contributed by atoms with Gasteiger partial charge in [0.2, 0.25) is 11.8 Å². The molecule has 0 spiro atoms. The zero-order chi connectivity index (χ0) is 14.1. The van der Waals surface area contributed by atoms with Crippen molar-refractivity contribution in [3.8, 4) is 11.6 Å². The summed E-state index contributed by atoms with van der Waals surface area (Å²) in [5, 5.41) is 6.51. The van der Waals surface area contributed by atoms with Gasteiger partial charge in [-0.2, -0.15) is 4.98 Å². The van der Waals surface area contributed by atoms with E-state index in [1.807, 2.05) is 30.5 Å². The molecule has 102 valence electrons. The monoisotopic (exact) mass is 305 g/mol. The van der Waals surface area contributed by atoms with E-state index in [2.05, 4.69) is 15.3 Å². The molecule has 2 heterocycles. The standard InChI is InChI=1S/C14H12ClN3OS/c1-8-7-9(15)3-4-11(8)19-12-10-5-6-20-13(10)18-14(16-2)17-12/h3-7H,1-2H3,(H,16,17,18). The summed E-state index contributed by atoms with van der Waals surface area (Å²) in [6.07, 6.45) is 0. The number of hydrogen-bond donors (Lipinski definition) is 1. The normalized spacial score (nSPS) is 10.8. The number of benzene rings is 1. The smallest absolute Gasteiger partial charge is 0.232 e. The second-order valence-electron chi connectivity index (χ2n) is 4.25. The molecular weight excluding hydrogens is 294 g/mol. The molecule has 0 radical (unpaired) electrons. The minimum Gasteiger partial charge on any atom is -0.438 e. The molecule has 0 fully saturated rings. The van der Waals surface area contributed by atoms with Crippen molar-refractivity contribution in [2.75, 3.05) is 12.4 Å². The Morgan fingerprint density at radius 3 is 2.85 bits per heavy atom. The summed E-state index contributed by atoms with van der Waals surface area (Å²) in [6.45, 7) is 1.95. The first-order valence-electron chi connectivity index (χ1n) is 6.04. The van der Waals surface area contributed by atoms with E-state index in [0.29, 0.717) is 16.9 Å². The predicted molar refractivity (Wildman–Crippen MR) is 83.2 cm³/mol. The van der Waals surface area contributed by atoms with Gasteiger partial charge in [0.1, 0.15) is 10.6 Å². The van der Waals surface area contributed by atoms with Crippen LogP contribution in [-0.2, 0) is 0 Å². The first-order valence-corrected chi connectivity index (χ1v) is 7.30. The lowest BCUT2D eigenvalue weighted by molar-refractivity contribution is 0.465. The SMILES string of the molecule is CNc1nc(Oc2ccc(Cl)cc2C)c2ccsc2n1. The van der Waals surface area contributed by atoms with Crippen LogP contribution in [0.15, 0.2) is 29.6 Å². The van der Waals surface area contributed by atoms with E-state index >= 15 is 0 Å². The predicted octanol–water partition coefficient (Wildman–Crippen LogP) is 4.49. The van der Waals surface area contributed by atoms with Crippen LogP contribution >= 0.6 is 22.9 Å². The number of thiophene rings is 1. The number of rotatable bonds is 3. The molecule has 0 aliphatic carbocycles. The number of hydrogen-bond acceptors (Lipinski definition) is 5. The fourth-order valence-electron chi connectivity index (χ4n) is 1.85. The van der Waals surface area contributed by atoms with Crippen LogP contribution in [0.25, 0.3) is 10.2 Å². The molecule has 1 aromatic carbocycles. The van der Waals surface area contributed by atoms with Crippen molar-refractivity contribution in [1.29, 1.82) is 0 Å². The topological polar surface area (TPSA) is 47.0 Å². The van der Waals surface area contributed by atoms with E-state index in [1.165, 1.54) is 0 Å². The van der Waals surface area contributed by atoms with Gasteiger partial charge in [-0.25, -0.2) is 4.98 Å². The highest BCUT2D eigenvalue weighted by Crippen LogP contribution is 2.33.